The fourth-order valence-corrected chi connectivity index (χ4v) is 0.800. The van der Waals surface area contributed by atoms with E-state index in [4.69, 9.17) is 5.11 Å². The van der Waals surface area contributed by atoms with Gasteiger partial charge in [-0.1, -0.05) is 0 Å². The van der Waals surface area contributed by atoms with E-state index < -0.39 is 49.4 Å². The summed E-state index contributed by atoms with van der Waals surface area (Å²) in [5, 5.41) is 8.01. The highest BCUT2D eigenvalue weighted by atomic mass is 19.4. The summed E-state index contributed by atoms with van der Waals surface area (Å²) in [7, 11) is 0. The van der Waals surface area contributed by atoms with Crippen LogP contribution in [0.2, 0.25) is 0 Å². The molecule has 0 rings (SSSR count). The Hall–Kier alpha value is -1.38. The first-order valence-electron chi connectivity index (χ1n) is 5.01. The van der Waals surface area contributed by atoms with Crippen LogP contribution in [-0.4, -0.2) is 48.1 Å². The second-order valence-corrected chi connectivity index (χ2v) is 3.72. The summed E-state index contributed by atoms with van der Waals surface area (Å²) in [5.74, 6) is -9.07. The number of alkyl halides is 11. The van der Waals surface area contributed by atoms with Gasteiger partial charge in [-0.05, 0) is 0 Å². The fraction of sp³-hybridized carbons (Fsp3) is 0.875. The average Bonchev–Trinajstić information content (AvgIpc) is 2.24. The van der Waals surface area contributed by atoms with Gasteiger partial charge < -0.3 is 9.84 Å². The summed E-state index contributed by atoms with van der Waals surface area (Å²) in [6.07, 6.45) is -28.3. The number of hydrogen-bond acceptors (Lipinski definition) is 3. The van der Waals surface area contributed by atoms with Crippen LogP contribution in [0.3, 0.4) is 0 Å². The zero-order valence-corrected chi connectivity index (χ0v) is 10.2. The largest absolute Gasteiger partial charge is 0.481 e. The van der Waals surface area contributed by atoms with Gasteiger partial charge in [0.2, 0.25) is 0 Å². The van der Waals surface area contributed by atoms with Crippen LogP contribution < -0.4 is 0 Å². The number of ether oxygens (including phenoxy) is 2. The Labute approximate surface area is 118 Å². The molecule has 0 saturated heterocycles. The fourth-order valence-electron chi connectivity index (χ4n) is 0.800. The molecule has 0 aromatic heterocycles. The predicted molar refractivity (Wildman–Crippen MR) is 45.1 cm³/mol. The molecule has 0 heterocycles. The first-order valence-corrected chi connectivity index (χ1v) is 5.01. The van der Waals surface area contributed by atoms with Crippen LogP contribution in [0.1, 0.15) is 6.42 Å². The van der Waals surface area contributed by atoms with E-state index in [1.165, 1.54) is 0 Å². The van der Waals surface area contributed by atoms with E-state index in [0.29, 0.717) is 0 Å². The van der Waals surface area contributed by atoms with Crippen LogP contribution in [0.4, 0.5) is 48.3 Å². The zero-order valence-electron chi connectivity index (χ0n) is 10.2. The SMILES string of the molecule is O=C(O)CCOC(F)(F)C(F)(F)OC(F)(F)C(F)(F)C(F)(F)F. The van der Waals surface area contributed by atoms with Gasteiger partial charge in [0.1, 0.15) is 0 Å². The van der Waals surface area contributed by atoms with Gasteiger partial charge in [-0.15, -0.1) is 0 Å². The van der Waals surface area contributed by atoms with Crippen molar-refractivity contribution in [3.8, 4) is 0 Å². The summed E-state index contributed by atoms with van der Waals surface area (Å²) in [6.45, 7) is -1.71. The molecule has 0 aliphatic carbocycles. The topological polar surface area (TPSA) is 55.8 Å². The van der Waals surface area contributed by atoms with Crippen LogP contribution in [-0.2, 0) is 14.3 Å². The third kappa shape index (κ3) is 4.79. The van der Waals surface area contributed by atoms with Crippen molar-refractivity contribution in [2.75, 3.05) is 6.61 Å². The van der Waals surface area contributed by atoms with Crippen LogP contribution in [0.15, 0.2) is 0 Å². The molecule has 138 valence electrons. The lowest BCUT2D eigenvalue weighted by atomic mass is 10.3. The van der Waals surface area contributed by atoms with Crippen molar-refractivity contribution < 1.29 is 67.7 Å². The smallest absolute Gasteiger partial charge is 0.462 e. The Kier molecular flexibility index (Phi) is 5.88. The van der Waals surface area contributed by atoms with Crippen molar-refractivity contribution in [2.24, 2.45) is 0 Å². The van der Waals surface area contributed by atoms with Gasteiger partial charge in [-0.25, -0.2) is 4.74 Å². The normalized spacial score (nSPS) is 14.9. The molecule has 1 N–H and O–H groups in total. The molecule has 0 atom stereocenters. The number of carbonyl (C=O) groups is 1. The molecule has 0 saturated carbocycles. The van der Waals surface area contributed by atoms with E-state index in [9.17, 15) is 53.1 Å². The first kappa shape index (κ1) is 21.6. The Balaban J connectivity index is 5.25. The summed E-state index contributed by atoms with van der Waals surface area (Å²) in [5.41, 5.74) is 0. The lowest BCUT2D eigenvalue weighted by molar-refractivity contribution is -0.521. The van der Waals surface area contributed by atoms with E-state index >= 15 is 0 Å². The molecular weight excluding hydrogens is 369 g/mol. The van der Waals surface area contributed by atoms with Crippen molar-refractivity contribution in [3.63, 3.8) is 0 Å². The van der Waals surface area contributed by atoms with Gasteiger partial charge in [0.25, 0.3) is 0 Å². The minimum absolute atomic E-state index is 1.33. The Bertz CT molecular complexity index is 430. The lowest BCUT2D eigenvalue weighted by Crippen LogP contribution is -2.59. The van der Waals surface area contributed by atoms with E-state index in [2.05, 4.69) is 4.74 Å². The molecule has 0 bridgehead atoms. The molecule has 4 nitrogen and oxygen atoms in total. The molecular formula is C8H5F11O4. The number of halogens is 11. The van der Waals surface area contributed by atoms with Crippen molar-refractivity contribution in [2.45, 2.75) is 36.8 Å². The lowest BCUT2D eigenvalue weighted by Gasteiger charge is -2.32. The maximum absolute atomic E-state index is 12.7. The summed E-state index contributed by atoms with van der Waals surface area (Å²) >= 11 is 0. The van der Waals surface area contributed by atoms with Crippen molar-refractivity contribution in [3.05, 3.63) is 0 Å². The second-order valence-electron chi connectivity index (χ2n) is 3.72. The highest BCUT2D eigenvalue weighted by molar-refractivity contribution is 5.66. The van der Waals surface area contributed by atoms with Crippen LogP contribution in [0.5, 0.6) is 0 Å². The summed E-state index contributed by atoms with van der Waals surface area (Å²) in [6, 6.07) is 0. The Morgan fingerprint density at radius 2 is 1.22 bits per heavy atom. The molecule has 15 heteroatoms. The molecule has 0 unspecified atom stereocenters. The molecule has 0 aromatic rings. The summed E-state index contributed by atoms with van der Waals surface area (Å²) in [4.78, 5) is 9.92. The van der Waals surface area contributed by atoms with Gasteiger partial charge in [-0.2, -0.15) is 48.3 Å². The number of carboxylic acids is 1. The van der Waals surface area contributed by atoms with E-state index in [0.717, 1.165) is 0 Å². The van der Waals surface area contributed by atoms with Gasteiger partial charge in [0, 0.05) is 0 Å². The standard InChI is InChI=1S/C8H5F11O4/c9-4(10,5(11,12)13)6(14,15)23-8(18,19)7(16,17)22-2-1-3(20)21/h1-2H2,(H,20,21). The number of carboxylic acid groups (broad SMARTS) is 1. The Morgan fingerprint density at radius 3 is 1.57 bits per heavy atom. The van der Waals surface area contributed by atoms with Crippen molar-refractivity contribution >= 4 is 5.97 Å². The quantitative estimate of drug-likeness (QED) is 0.662. The van der Waals surface area contributed by atoms with Gasteiger partial charge in [-0.3, -0.25) is 4.79 Å². The minimum Gasteiger partial charge on any atom is -0.481 e. The highest BCUT2D eigenvalue weighted by Gasteiger charge is 2.78. The predicted octanol–water partition coefficient (Wildman–Crippen LogP) is 3.47. The monoisotopic (exact) mass is 374 g/mol. The molecule has 23 heavy (non-hydrogen) atoms. The molecule has 0 aromatic carbocycles. The molecule has 0 spiro atoms. The highest BCUT2D eigenvalue weighted by Crippen LogP contribution is 2.51. The average molecular weight is 374 g/mol. The second kappa shape index (κ2) is 6.26. The maximum atomic E-state index is 12.7. The van der Waals surface area contributed by atoms with Crippen molar-refractivity contribution in [1.82, 2.24) is 0 Å². The summed E-state index contributed by atoms with van der Waals surface area (Å²) < 4.78 is 140. The molecule has 0 aliphatic heterocycles. The third-order valence-corrected chi connectivity index (χ3v) is 1.92. The van der Waals surface area contributed by atoms with Gasteiger partial charge in [0.15, 0.2) is 0 Å². The molecule has 0 radical (unpaired) electrons. The van der Waals surface area contributed by atoms with E-state index in [1.54, 1.807) is 4.74 Å². The van der Waals surface area contributed by atoms with Crippen molar-refractivity contribution in [1.29, 1.82) is 0 Å². The van der Waals surface area contributed by atoms with E-state index in [1.807, 2.05) is 0 Å². The van der Waals surface area contributed by atoms with Gasteiger partial charge >= 0.3 is 36.4 Å². The molecule has 0 fully saturated rings. The minimum atomic E-state index is -7.22. The Morgan fingerprint density at radius 1 is 0.783 bits per heavy atom. The number of aliphatic carboxylic acids is 1. The first-order chi connectivity index (χ1) is 9.87. The third-order valence-electron chi connectivity index (χ3n) is 1.92. The van der Waals surface area contributed by atoms with Gasteiger partial charge in [0.05, 0.1) is 13.0 Å². The van der Waals surface area contributed by atoms with Crippen LogP contribution in [0.25, 0.3) is 0 Å². The zero-order chi connectivity index (χ0) is 18.9. The maximum Gasteiger partial charge on any atom is 0.462 e. The molecule has 0 aliphatic rings. The number of rotatable bonds is 8. The molecule has 0 amide bonds. The van der Waals surface area contributed by atoms with Crippen LogP contribution >= 0.6 is 0 Å². The number of hydrogen-bond donors (Lipinski definition) is 1. The van der Waals surface area contributed by atoms with Crippen LogP contribution in [0, 0.1) is 0 Å². The van der Waals surface area contributed by atoms with E-state index in [-0.39, 0.29) is 0 Å².